The Balaban J connectivity index is 2.28. The Kier molecular flexibility index (Phi) is 3.12. The second-order valence-corrected chi connectivity index (χ2v) is 6.80. The fourth-order valence-electron chi connectivity index (χ4n) is 2.94. The fraction of sp³-hybridized carbons (Fsp3) is 0.316. The largest absolute Gasteiger partial charge is 0.338 e. The number of benzene rings is 2. The summed E-state index contributed by atoms with van der Waals surface area (Å²) in [7, 11) is 0. The first-order valence-corrected chi connectivity index (χ1v) is 7.44. The molecule has 0 fully saturated rings. The number of nitrogens with one attached hydrogen (secondary N) is 1. The highest BCUT2D eigenvalue weighted by atomic mass is 14.9. The Morgan fingerprint density at radius 2 is 1.52 bits per heavy atom. The highest BCUT2D eigenvalue weighted by molar-refractivity contribution is 5.84. The predicted octanol–water partition coefficient (Wildman–Crippen LogP) is 5.14. The van der Waals surface area contributed by atoms with Crippen LogP contribution < -0.4 is 0 Å². The molecule has 0 aliphatic rings. The van der Waals surface area contributed by atoms with Gasteiger partial charge in [0.1, 0.15) is 5.82 Å². The van der Waals surface area contributed by atoms with Crippen molar-refractivity contribution in [1.82, 2.24) is 9.97 Å². The van der Waals surface area contributed by atoms with E-state index >= 15 is 0 Å². The van der Waals surface area contributed by atoms with Gasteiger partial charge < -0.3 is 4.98 Å². The molecule has 0 atom stereocenters. The molecule has 2 nitrogen and oxygen atoms in total. The van der Waals surface area contributed by atoms with E-state index in [0.717, 1.165) is 16.9 Å². The molecule has 108 valence electrons. The molecule has 1 heterocycles. The molecule has 2 aromatic carbocycles. The van der Waals surface area contributed by atoms with Gasteiger partial charge in [0, 0.05) is 5.56 Å². The summed E-state index contributed by atoms with van der Waals surface area (Å²) in [6.45, 7) is 11.0. The van der Waals surface area contributed by atoms with Crippen molar-refractivity contribution in [2.24, 2.45) is 0 Å². The molecule has 1 N–H and O–H groups in total. The lowest BCUT2D eigenvalue weighted by Crippen LogP contribution is -2.11. The fourth-order valence-corrected chi connectivity index (χ4v) is 2.94. The predicted molar refractivity (Wildman–Crippen MR) is 89.7 cm³/mol. The number of hydrogen-bond donors (Lipinski definition) is 1. The number of fused-ring (bicyclic) bond motifs is 1. The van der Waals surface area contributed by atoms with Crippen LogP contribution in [0.2, 0.25) is 0 Å². The molecule has 1 aromatic heterocycles. The Hall–Kier alpha value is -2.09. The summed E-state index contributed by atoms with van der Waals surface area (Å²) >= 11 is 0. The smallest absolute Gasteiger partial charge is 0.139 e. The maximum atomic E-state index is 4.92. The Morgan fingerprint density at radius 3 is 2.14 bits per heavy atom. The van der Waals surface area contributed by atoms with Gasteiger partial charge in [-0.3, -0.25) is 0 Å². The van der Waals surface area contributed by atoms with E-state index in [0.29, 0.717) is 0 Å². The van der Waals surface area contributed by atoms with Crippen molar-refractivity contribution in [3.8, 4) is 11.4 Å². The van der Waals surface area contributed by atoms with Crippen molar-refractivity contribution < 1.29 is 0 Å². The summed E-state index contributed by atoms with van der Waals surface area (Å²) in [6, 6.07) is 12.8. The Bertz CT molecular complexity index is 784. The molecule has 0 amide bonds. The number of hydrogen-bond acceptors (Lipinski definition) is 1. The van der Waals surface area contributed by atoms with Crippen LogP contribution in [0.5, 0.6) is 0 Å². The number of aromatic nitrogens is 2. The zero-order valence-electron chi connectivity index (χ0n) is 13.4. The van der Waals surface area contributed by atoms with Crippen molar-refractivity contribution in [3.05, 3.63) is 53.1 Å². The van der Waals surface area contributed by atoms with Crippen LogP contribution in [0.3, 0.4) is 0 Å². The van der Waals surface area contributed by atoms with Crippen LogP contribution in [0.4, 0.5) is 0 Å². The first-order valence-electron chi connectivity index (χ1n) is 7.44. The van der Waals surface area contributed by atoms with Crippen molar-refractivity contribution in [3.63, 3.8) is 0 Å². The first kappa shape index (κ1) is 13.9. The van der Waals surface area contributed by atoms with E-state index < -0.39 is 0 Å². The molecule has 0 aliphatic carbocycles. The normalized spacial score (nSPS) is 12.0. The number of para-hydroxylation sites is 1. The van der Waals surface area contributed by atoms with Crippen molar-refractivity contribution in [1.29, 1.82) is 0 Å². The molecule has 0 unspecified atom stereocenters. The molecule has 2 heteroatoms. The summed E-state index contributed by atoms with van der Waals surface area (Å²) in [5.74, 6) is 0.970. The summed E-state index contributed by atoms with van der Waals surface area (Å²) in [6.07, 6.45) is 0. The second kappa shape index (κ2) is 4.73. The maximum absolute atomic E-state index is 4.92. The van der Waals surface area contributed by atoms with E-state index in [2.05, 4.69) is 76.0 Å². The third kappa shape index (κ3) is 2.35. The van der Waals surface area contributed by atoms with Crippen LogP contribution in [0.25, 0.3) is 22.4 Å². The zero-order chi connectivity index (χ0) is 15.2. The van der Waals surface area contributed by atoms with E-state index in [9.17, 15) is 0 Å². The summed E-state index contributed by atoms with van der Waals surface area (Å²) in [5.41, 5.74) is 7.30. The van der Waals surface area contributed by atoms with Gasteiger partial charge in [0.25, 0.3) is 0 Å². The molecule has 0 bridgehead atoms. The van der Waals surface area contributed by atoms with Crippen LogP contribution >= 0.6 is 0 Å². The molecule has 0 saturated carbocycles. The minimum Gasteiger partial charge on any atom is -0.338 e. The van der Waals surface area contributed by atoms with Gasteiger partial charge in [0.05, 0.1) is 11.0 Å². The molecule has 3 aromatic rings. The average molecular weight is 278 g/mol. The van der Waals surface area contributed by atoms with Gasteiger partial charge in [0.15, 0.2) is 0 Å². The standard InChI is InChI=1S/C19H22N2/c1-12-8-6-9-13(2)16(12)18-20-15-11-7-10-14(17(15)21-18)19(3,4)5/h6-11H,1-5H3,(H,20,21). The van der Waals surface area contributed by atoms with Crippen molar-refractivity contribution in [2.45, 2.75) is 40.0 Å². The highest BCUT2D eigenvalue weighted by Gasteiger charge is 2.19. The van der Waals surface area contributed by atoms with Crippen LogP contribution in [0.1, 0.15) is 37.5 Å². The lowest BCUT2D eigenvalue weighted by atomic mass is 9.86. The topological polar surface area (TPSA) is 28.7 Å². The second-order valence-electron chi connectivity index (χ2n) is 6.80. The van der Waals surface area contributed by atoms with Crippen LogP contribution in [0.15, 0.2) is 36.4 Å². The Labute approximate surface area is 126 Å². The monoisotopic (exact) mass is 278 g/mol. The SMILES string of the molecule is Cc1cccc(C)c1-c1nc2c(C(C)(C)C)cccc2[nH]1. The molecule has 0 spiro atoms. The van der Waals surface area contributed by atoms with Gasteiger partial charge in [-0.1, -0.05) is 51.1 Å². The lowest BCUT2D eigenvalue weighted by molar-refractivity contribution is 0.595. The summed E-state index contributed by atoms with van der Waals surface area (Å²) in [5, 5.41) is 0. The average Bonchev–Trinajstić information content (AvgIpc) is 2.80. The van der Waals surface area contributed by atoms with Crippen LogP contribution in [-0.4, -0.2) is 9.97 Å². The van der Waals surface area contributed by atoms with E-state index in [4.69, 9.17) is 4.98 Å². The van der Waals surface area contributed by atoms with Crippen molar-refractivity contribution >= 4 is 11.0 Å². The number of nitrogens with zero attached hydrogens (tertiary/aromatic N) is 1. The minimum absolute atomic E-state index is 0.0900. The number of H-pyrrole nitrogens is 1. The number of imidazole rings is 1. The number of aryl methyl sites for hydroxylation is 2. The quantitative estimate of drug-likeness (QED) is 0.655. The van der Waals surface area contributed by atoms with E-state index in [1.54, 1.807) is 0 Å². The van der Waals surface area contributed by atoms with Gasteiger partial charge in [-0.25, -0.2) is 4.98 Å². The van der Waals surface area contributed by atoms with E-state index in [1.165, 1.54) is 22.3 Å². The van der Waals surface area contributed by atoms with Crippen LogP contribution in [0, 0.1) is 13.8 Å². The molecule has 21 heavy (non-hydrogen) atoms. The number of aromatic amines is 1. The molecule has 0 radical (unpaired) electrons. The van der Waals surface area contributed by atoms with Gasteiger partial charge in [-0.05, 0) is 42.0 Å². The molecular formula is C19H22N2. The molecular weight excluding hydrogens is 256 g/mol. The first-order chi connectivity index (χ1) is 9.88. The maximum Gasteiger partial charge on any atom is 0.139 e. The van der Waals surface area contributed by atoms with Gasteiger partial charge in [0.2, 0.25) is 0 Å². The van der Waals surface area contributed by atoms with Gasteiger partial charge >= 0.3 is 0 Å². The zero-order valence-corrected chi connectivity index (χ0v) is 13.4. The van der Waals surface area contributed by atoms with E-state index in [1.807, 2.05) is 0 Å². The molecule has 3 rings (SSSR count). The third-order valence-corrected chi connectivity index (χ3v) is 4.04. The Morgan fingerprint density at radius 1 is 0.905 bits per heavy atom. The van der Waals surface area contributed by atoms with Crippen LogP contribution in [-0.2, 0) is 5.41 Å². The number of rotatable bonds is 1. The molecule has 0 aliphatic heterocycles. The summed E-state index contributed by atoms with van der Waals surface area (Å²) in [4.78, 5) is 8.41. The summed E-state index contributed by atoms with van der Waals surface area (Å²) < 4.78 is 0. The van der Waals surface area contributed by atoms with Crippen molar-refractivity contribution in [2.75, 3.05) is 0 Å². The van der Waals surface area contributed by atoms with E-state index in [-0.39, 0.29) is 5.41 Å². The minimum atomic E-state index is 0.0900. The molecule has 0 saturated heterocycles. The van der Waals surface area contributed by atoms with Gasteiger partial charge in [-0.2, -0.15) is 0 Å². The lowest BCUT2D eigenvalue weighted by Gasteiger charge is -2.19. The highest BCUT2D eigenvalue weighted by Crippen LogP contribution is 2.32. The van der Waals surface area contributed by atoms with Gasteiger partial charge in [-0.15, -0.1) is 0 Å². The third-order valence-electron chi connectivity index (χ3n) is 4.04.